The summed E-state index contributed by atoms with van der Waals surface area (Å²) in [6, 6.07) is 4.25. The van der Waals surface area contributed by atoms with Gasteiger partial charge in [-0.15, -0.1) is 0 Å². The second-order valence-corrected chi connectivity index (χ2v) is 6.95. The minimum absolute atomic E-state index is 0.0816. The smallest absolute Gasteiger partial charge is 0.335 e. The van der Waals surface area contributed by atoms with Crippen LogP contribution in [0.4, 0.5) is 0 Å². The number of phenols is 1. The molecular formula is C20H28O5. The third-order valence-electron chi connectivity index (χ3n) is 4.10. The number of carboxylic acids is 1. The first-order valence-corrected chi connectivity index (χ1v) is 8.30. The summed E-state index contributed by atoms with van der Waals surface area (Å²) < 4.78 is 0. The van der Waals surface area contributed by atoms with Gasteiger partial charge in [-0.05, 0) is 76.3 Å². The monoisotopic (exact) mass is 348 g/mol. The maximum atomic E-state index is 11.0. The number of benzene rings is 1. The van der Waals surface area contributed by atoms with Crippen molar-refractivity contribution < 1.29 is 25.2 Å². The van der Waals surface area contributed by atoms with Crippen LogP contribution in [0.3, 0.4) is 0 Å². The molecule has 0 bridgehead atoms. The number of rotatable bonds is 8. The van der Waals surface area contributed by atoms with Crippen molar-refractivity contribution in [3.05, 3.63) is 52.6 Å². The minimum Gasteiger partial charge on any atom is -0.508 e. The van der Waals surface area contributed by atoms with Crippen LogP contribution < -0.4 is 0 Å². The molecule has 0 saturated carbocycles. The molecule has 0 aliphatic heterocycles. The van der Waals surface area contributed by atoms with Gasteiger partial charge in [0.1, 0.15) is 11.9 Å². The van der Waals surface area contributed by atoms with E-state index in [1.165, 1.54) is 18.2 Å². The van der Waals surface area contributed by atoms with E-state index >= 15 is 0 Å². The standard InChI is InChI=1S/C20H28O5/c1-13(6-5-7-14(2)18(22)20(3,4)25)8-9-15-12-16(19(23)24)10-11-17(15)21/h7-8,10-12,18,21-22,25H,5-6,9H2,1-4H3,(H,23,24)/b13-8+,14-7+/t18-/m0/s1. The number of aliphatic hydroxyl groups excluding tert-OH is 1. The Morgan fingerprint density at radius 2 is 1.88 bits per heavy atom. The predicted molar refractivity (Wildman–Crippen MR) is 97.8 cm³/mol. The summed E-state index contributed by atoms with van der Waals surface area (Å²) in [6.07, 6.45) is 4.91. The van der Waals surface area contributed by atoms with Gasteiger partial charge in [0.25, 0.3) is 0 Å². The third-order valence-corrected chi connectivity index (χ3v) is 4.10. The number of aliphatic hydroxyl groups is 2. The van der Waals surface area contributed by atoms with Gasteiger partial charge in [0.2, 0.25) is 0 Å². The number of phenolic OH excluding ortho intramolecular Hbond substituents is 1. The number of carbonyl (C=O) groups is 1. The third kappa shape index (κ3) is 6.72. The van der Waals surface area contributed by atoms with Crippen molar-refractivity contribution in [2.45, 2.75) is 58.7 Å². The molecule has 0 aliphatic rings. The number of aromatic hydroxyl groups is 1. The molecule has 5 nitrogen and oxygen atoms in total. The number of aromatic carboxylic acids is 1. The molecule has 0 unspecified atom stereocenters. The minimum atomic E-state index is -1.17. The fourth-order valence-corrected chi connectivity index (χ4v) is 2.46. The average Bonchev–Trinajstić information content (AvgIpc) is 2.52. The Hall–Kier alpha value is -2.11. The number of hydrogen-bond donors (Lipinski definition) is 4. The lowest BCUT2D eigenvalue weighted by molar-refractivity contribution is -0.0284. The molecule has 0 amide bonds. The molecule has 0 aliphatic carbocycles. The average molecular weight is 348 g/mol. The second kappa shape index (κ2) is 8.83. The molecule has 0 spiro atoms. The van der Waals surface area contributed by atoms with Gasteiger partial charge in [0.15, 0.2) is 0 Å². The Bertz CT molecular complexity index is 665. The van der Waals surface area contributed by atoms with Crippen LogP contribution in [0.15, 0.2) is 41.5 Å². The van der Waals surface area contributed by atoms with Gasteiger partial charge in [-0.3, -0.25) is 0 Å². The van der Waals surface area contributed by atoms with E-state index < -0.39 is 17.7 Å². The van der Waals surface area contributed by atoms with E-state index in [1.54, 1.807) is 20.8 Å². The summed E-state index contributed by atoms with van der Waals surface area (Å²) in [7, 11) is 0. The van der Waals surface area contributed by atoms with Gasteiger partial charge in [-0.2, -0.15) is 0 Å². The van der Waals surface area contributed by atoms with Crippen LogP contribution >= 0.6 is 0 Å². The highest BCUT2D eigenvalue weighted by atomic mass is 16.4. The van der Waals surface area contributed by atoms with Crippen LogP contribution in [0.25, 0.3) is 0 Å². The molecule has 1 rings (SSSR count). The molecule has 4 N–H and O–H groups in total. The normalized spacial score (nSPS) is 14.5. The highest BCUT2D eigenvalue weighted by Gasteiger charge is 2.25. The van der Waals surface area contributed by atoms with Gasteiger partial charge >= 0.3 is 5.97 Å². The van der Waals surface area contributed by atoms with Crippen molar-refractivity contribution in [2.75, 3.05) is 0 Å². The first-order valence-electron chi connectivity index (χ1n) is 8.30. The summed E-state index contributed by atoms with van der Waals surface area (Å²) >= 11 is 0. The molecular weight excluding hydrogens is 320 g/mol. The topological polar surface area (TPSA) is 98.0 Å². The van der Waals surface area contributed by atoms with E-state index in [0.29, 0.717) is 12.0 Å². The first kappa shape index (κ1) is 20.9. The van der Waals surface area contributed by atoms with Crippen LogP contribution in [0.1, 0.15) is 56.5 Å². The maximum Gasteiger partial charge on any atom is 0.335 e. The van der Waals surface area contributed by atoms with E-state index in [-0.39, 0.29) is 11.3 Å². The van der Waals surface area contributed by atoms with E-state index in [1.807, 2.05) is 19.1 Å². The number of carboxylic acid groups (broad SMARTS) is 1. The first-order chi connectivity index (χ1) is 11.5. The Morgan fingerprint density at radius 3 is 2.44 bits per heavy atom. The fourth-order valence-electron chi connectivity index (χ4n) is 2.46. The molecule has 5 heteroatoms. The van der Waals surface area contributed by atoms with Crippen molar-refractivity contribution in [1.29, 1.82) is 0 Å². The van der Waals surface area contributed by atoms with E-state index in [9.17, 15) is 20.1 Å². The van der Waals surface area contributed by atoms with Gasteiger partial charge in [-0.1, -0.05) is 17.7 Å². The second-order valence-electron chi connectivity index (χ2n) is 6.95. The number of hydrogen-bond acceptors (Lipinski definition) is 4. The van der Waals surface area contributed by atoms with Crippen LogP contribution in [0, 0.1) is 0 Å². The summed E-state index contributed by atoms with van der Waals surface area (Å²) in [5, 5.41) is 38.6. The fraction of sp³-hybridized carbons (Fsp3) is 0.450. The molecule has 0 fully saturated rings. The Labute approximate surface area is 148 Å². The molecule has 0 radical (unpaired) electrons. The maximum absolute atomic E-state index is 11.0. The molecule has 1 atom stereocenters. The largest absolute Gasteiger partial charge is 0.508 e. The van der Waals surface area contributed by atoms with Crippen molar-refractivity contribution in [3.8, 4) is 5.75 Å². The molecule has 1 aromatic rings. The lowest BCUT2D eigenvalue weighted by Gasteiger charge is -2.25. The van der Waals surface area contributed by atoms with Gasteiger partial charge < -0.3 is 20.4 Å². The van der Waals surface area contributed by atoms with Crippen molar-refractivity contribution in [2.24, 2.45) is 0 Å². The summed E-state index contributed by atoms with van der Waals surface area (Å²) in [5.41, 5.74) is 1.38. The zero-order valence-electron chi connectivity index (χ0n) is 15.3. The quantitative estimate of drug-likeness (QED) is 0.540. The van der Waals surface area contributed by atoms with Crippen LogP contribution in [-0.4, -0.2) is 38.1 Å². The molecule has 0 heterocycles. The molecule has 0 saturated heterocycles. The molecule has 0 aromatic heterocycles. The summed E-state index contributed by atoms with van der Waals surface area (Å²) in [6.45, 7) is 6.89. The van der Waals surface area contributed by atoms with Crippen molar-refractivity contribution in [3.63, 3.8) is 0 Å². The zero-order valence-corrected chi connectivity index (χ0v) is 15.3. The summed E-state index contributed by atoms with van der Waals surface area (Å²) in [5.74, 6) is -0.939. The Kier molecular flexibility index (Phi) is 7.39. The van der Waals surface area contributed by atoms with Crippen LogP contribution in [-0.2, 0) is 6.42 Å². The summed E-state index contributed by atoms with van der Waals surface area (Å²) in [4.78, 5) is 11.0. The van der Waals surface area contributed by atoms with Crippen molar-refractivity contribution >= 4 is 5.97 Å². The zero-order chi connectivity index (χ0) is 19.2. The molecule has 1 aromatic carbocycles. The molecule has 25 heavy (non-hydrogen) atoms. The van der Waals surface area contributed by atoms with Crippen molar-refractivity contribution in [1.82, 2.24) is 0 Å². The van der Waals surface area contributed by atoms with Gasteiger partial charge in [-0.25, -0.2) is 4.79 Å². The highest BCUT2D eigenvalue weighted by Crippen LogP contribution is 2.21. The van der Waals surface area contributed by atoms with Crippen LogP contribution in [0.2, 0.25) is 0 Å². The van der Waals surface area contributed by atoms with E-state index in [2.05, 4.69) is 0 Å². The Balaban J connectivity index is 2.66. The lowest BCUT2D eigenvalue weighted by Crippen LogP contribution is -2.36. The highest BCUT2D eigenvalue weighted by molar-refractivity contribution is 5.88. The Morgan fingerprint density at radius 1 is 1.24 bits per heavy atom. The number of allylic oxidation sites excluding steroid dienone is 3. The van der Waals surface area contributed by atoms with E-state index in [4.69, 9.17) is 5.11 Å². The lowest BCUT2D eigenvalue weighted by atomic mass is 9.94. The molecule has 138 valence electrons. The predicted octanol–water partition coefficient (Wildman–Crippen LogP) is 3.44. The van der Waals surface area contributed by atoms with Gasteiger partial charge in [0, 0.05) is 0 Å². The SMILES string of the molecule is C/C(=C\Cc1cc(C(=O)O)ccc1O)CC/C=C(\C)[C@H](O)C(C)(C)O. The van der Waals surface area contributed by atoms with E-state index in [0.717, 1.165) is 24.0 Å². The van der Waals surface area contributed by atoms with Gasteiger partial charge in [0.05, 0.1) is 11.2 Å². The van der Waals surface area contributed by atoms with Crippen LogP contribution in [0.5, 0.6) is 5.75 Å².